The summed E-state index contributed by atoms with van der Waals surface area (Å²) in [6.07, 6.45) is 1.73. The number of carbonyl (C=O) groups is 2. The highest BCUT2D eigenvalue weighted by Crippen LogP contribution is 2.27. The summed E-state index contributed by atoms with van der Waals surface area (Å²) in [5.74, 6) is -0.342. The molecular formula is C29H34ClN3O5S. The summed E-state index contributed by atoms with van der Waals surface area (Å²) in [6, 6.07) is 20.6. The van der Waals surface area contributed by atoms with Gasteiger partial charge in [0.05, 0.1) is 17.7 Å². The van der Waals surface area contributed by atoms with Gasteiger partial charge in [0, 0.05) is 18.1 Å². The second kappa shape index (κ2) is 14.0. The summed E-state index contributed by atoms with van der Waals surface area (Å²) in [6.45, 7) is 3.76. The van der Waals surface area contributed by atoms with Crippen molar-refractivity contribution in [2.24, 2.45) is 0 Å². The van der Waals surface area contributed by atoms with E-state index in [0.29, 0.717) is 17.3 Å². The van der Waals surface area contributed by atoms with Crippen molar-refractivity contribution in [2.45, 2.75) is 44.2 Å². The van der Waals surface area contributed by atoms with Crippen LogP contribution in [0.1, 0.15) is 32.3 Å². The van der Waals surface area contributed by atoms with E-state index in [1.807, 2.05) is 37.3 Å². The molecule has 2 amide bonds. The highest BCUT2D eigenvalue weighted by Gasteiger charge is 2.32. The number of nitrogens with one attached hydrogen (secondary N) is 1. The van der Waals surface area contributed by atoms with Crippen molar-refractivity contribution in [2.75, 3.05) is 24.5 Å². The maximum Gasteiger partial charge on any atom is 0.264 e. The molecule has 0 aliphatic carbocycles. The molecule has 0 saturated heterocycles. The van der Waals surface area contributed by atoms with E-state index in [1.165, 1.54) is 42.3 Å². The molecule has 0 bridgehead atoms. The van der Waals surface area contributed by atoms with Gasteiger partial charge in [-0.05, 0) is 61.4 Å². The molecular weight excluding hydrogens is 538 g/mol. The van der Waals surface area contributed by atoms with Crippen LogP contribution in [0.2, 0.25) is 5.02 Å². The van der Waals surface area contributed by atoms with Crippen molar-refractivity contribution in [1.82, 2.24) is 10.2 Å². The molecule has 0 radical (unpaired) electrons. The molecule has 0 fully saturated rings. The quantitative estimate of drug-likeness (QED) is 0.295. The number of hydrogen-bond acceptors (Lipinski definition) is 5. The molecule has 3 aromatic carbocycles. The van der Waals surface area contributed by atoms with E-state index in [9.17, 15) is 18.0 Å². The van der Waals surface area contributed by atoms with Crippen LogP contribution < -0.4 is 14.4 Å². The number of anilines is 1. The van der Waals surface area contributed by atoms with Crippen LogP contribution in [-0.4, -0.2) is 51.4 Å². The number of halogens is 1. The van der Waals surface area contributed by atoms with Crippen molar-refractivity contribution in [1.29, 1.82) is 0 Å². The molecule has 8 nitrogen and oxygen atoms in total. The molecule has 1 unspecified atom stereocenters. The Labute approximate surface area is 235 Å². The van der Waals surface area contributed by atoms with E-state index in [2.05, 4.69) is 5.32 Å². The fourth-order valence-corrected chi connectivity index (χ4v) is 5.52. The highest BCUT2D eigenvalue weighted by atomic mass is 35.5. The first-order valence-electron chi connectivity index (χ1n) is 12.7. The van der Waals surface area contributed by atoms with E-state index in [4.69, 9.17) is 16.3 Å². The van der Waals surface area contributed by atoms with Gasteiger partial charge < -0.3 is 15.0 Å². The van der Waals surface area contributed by atoms with Crippen LogP contribution in [0.15, 0.2) is 83.8 Å². The second-order valence-electron chi connectivity index (χ2n) is 8.99. The SMILES string of the molecule is CCCCNC(=O)C(C)N(Cc1ccccc1)C(=O)CN(c1cccc(Cl)c1)S(=O)(=O)c1ccc(OC)cc1. The Morgan fingerprint density at radius 2 is 1.69 bits per heavy atom. The predicted octanol–water partition coefficient (Wildman–Crippen LogP) is 4.88. The highest BCUT2D eigenvalue weighted by molar-refractivity contribution is 7.92. The van der Waals surface area contributed by atoms with Gasteiger partial charge in [0.1, 0.15) is 18.3 Å². The van der Waals surface area contributed by atoms with Gasteiger partial charge in [-0.3, -0.25) is 13.9 Å². The normalized spacial score (nSPS) is 11.9. The Morgan fingerprint density at radius 3 is 2.31 bits per heavy atom. The number of rotatable bonds is 13. The first kappa shape index (κ1) is 30.0. The van der Waals surface area contributed by atoms with Crippen LogP contribution in [0.4, 0.5) is 5.69 Å². The smallest absolute Gasteiger partial charge is 0.264 e. The summed E-state index contributed by atoms with van der Waals surface area (Å²) in [5, 5.41) is 3.19. The molecule has 39 heavy (non-hydrogen) atoms. The van der Waals surface area contributed by atoms with E-state index in [0.717, 1.165) is 22.7 Å². The van der Waals surface area contributed by atoms with Crippen LogP contribution >= 0.6 is 11.6 Å². The van der Waals surface area contributed by atoms with Crippen molar-refractivity contribution < 1.29 is 22.7 Å². The van der Waals surface area contributed by atoms with Gasteiger partial charge in [0.2, 0.25) is 11.8 Å². The molecule has 0 heterocycles. The Bertz CT molecular complexity index is 1350. The Hall–Kier alpha value is -3.56. The van der Waals surface area contributed by atoms with Gasteiger partial charge in [-0.15, -0.1) is 0 Å². The maximum atomic E-state index is 13.9. The summed E-state index contributed by atoms with van der Waals surface area (Å²) in [4.78, 5) is 28.2. The summed E-state index contributed by atoms with van der Waals surface area (Å²) < 4.78 is 33.8. The number of benzene rings is 3. The van der Waals surface area contributed by atoms with Crippen LogP contribution in [-0.2, 0) is 26.2 Å². The zero-order valence-corrected chi connectivity index (χ0v) is 23.9. The zero-order valence-electron chi connectivity index (χ0n) is 22.3. The maximum absolute atomic E-state index is 13.9. The van der Waals surface area contributed by atoms with E-state index < -0.39 is 28.5 Å². The number of methoxy groups -OCH3 is 1. The number of ether oxygens (including phenoxy) is 1. The van der Waals surface area contributed by atoms with Gasteiger partial charge in [-0.2, -0.15) is 0 Å². The average molecular weight is 572 g/mol. The fraction of sp³-hybridized carbons (Fsp3) is 0.310. The third-order valence-electron chi connectivity index (χ3n) is 6.22. The molecule has 10 heteroatoms. The fourth-order valence-electron chi connectivity index (χ4n) is 3.93. The number of carbonyl (C=O) groups excluding carboxylic acids is 2. The summed E-state index contributed by atoms with van der Waals surface area (Å²) in [7, 11) is -2.70. The van der Waals surface area contributed by atoms with Gasteiger partial charge in [0.15, 0.2) is 0 Å². The molecule has 0 aliphatic heterocycles. The first-order chi connectivity index (χ1) is 18.7. The molecule has 1 atom stereocenters. The Kier molecular flexibility index (Phi) is 10.8. The lowest BCUT2D eigenvalue weighted by Gasteiger charge is -2.32. The lowest BCUT2D eigenvalue weighted by atomic mass is 10.1. The van der Waals surface area contributed by atoms with E-state index in [1.54, 1.807) is 25.1 Å². The molecule has 0 aliphatic rings. The largest absolute Gasteiger partial charge is 0.497 e. The van der Waals surface area contributed by atoms with Crippen molar-refractivity contribution >= 4 is 39.1 Å². The molecule has 0 saturated carbocycles. The summed E-state index contributed by atoms with van der Waals surface area (Å²) in [5.41, 5.74) is 1.04. The molecule has 1 N–H and O–H groups in total. The molecule has 0 spiro atoms. The second-order valence-corrected chi connectivity index (χ2v) is 11.3. The third kappa shape index (κ3) is 7.97. The average Bonchev–Trinajstić information content (AvgIpc) is 2.94. The molecule has 3 rings (SSSR count). The number of unbranched alkanes of at least 4 members (excludes halogenated alkanes) is 1. The molecule has 208 valence electrons. The van der Waals surface area contributed by atoms with E-state index in [-0.39, 0.29) is 23.0 Å². The Balaban J connectivity index is 1.99. The van der Waals surface area contributed by atoms with Gasteiger partial charge in [-0.1, -0.05) is 61.3 Å². The molecule has 3 aromatic rings. The number of hydrogen-bond donors (Lipinski definition) is 1. The number of amides is 2. The summed E-state index contributed by atoms with van der Waals surface area (Å²) >= 11 is 6.20. The predicted molar refractivity (Wildman–Crippen MR) is 153 cm³/mol. The standard InChI is InChI=1S/C29H34ClN3O5S/c1-4-5-18-31-29(35)22(2)32(20-23-10-7-6-8-11-23)28(34)21-33(25-13-9-12-24(30)19-25)39(36,37)27-16-14-26(38-3)15-17-27/h6-17,19,22H,4-5,18,20-21H2,1-3H3,(H,31,35). The van der Waals surface area contributed by atoms with E-state index >= 15 is 0 Å². The Morgan fingerprint density at radius 1 is 1.00 bits per heavy atom. The lowest BCUT2D eigenvalue weighted by Crippen LogP contribution is -2.51. The van der Waals surface area contributed by atoms with Crippen molar-refractivity contribution in [3.05, 3.63) is 89.4 Å². The number of nitrogens with zero attached hydrogens (tertiary/aromatic N) is 2. The van der Waals surface area contributed by atoms with Crippen LogP contribution in [0.5, 0.6) is 5.75 Å². The topological polar surface area (TPSA) is 96.0 Å². The van der Waals surface area contributed by atoms with Crippen molar-refractivity contribution in [3.8, 4) is 5.75 Å². The van der Waals surface area contributed by atoms with Crippen LogP contribution in [0.3, 0.4) is 0 Å². The minimum atomic E-state index is -4.19. The first-order valence-corrected chi connectivity index (χ1v) is 14.5. The minimum absolute atomic E-state index is 0.0176. The van der Waals surface area contributed by atoms with Gasteiger partial charge >= 0.3 is 0 Å². The van der Waals surface area contributed by atoms with Crippen LogP contribution in [0, 0.1) is 0 Å². The molecule has 0 aromatic heterocycles. The third-order valence-corrected chi connectivity index (χ3v) is 8.24. The zero-order chi connectivity index (χ0) is 28.4. The van der Waals surface area contributed by atoms with Crippen LogP contribution in [0.25, 0.3) is 0 Å². The lowest BCUT2D eigenvalue weighted by molar-refractivity contribution is -0.139. The van der Waals surface area contributed by atoms with Gasteiger partial charge in [-0.25, -0.2) is 8.42 Å². The minimum Gasteiger partial charge on any atom is -0.497 e. The van der Waals surface area contributed by atoms with Crippen molar-refractivity contribution in [3.63, 3.8) is 0 Å². The van der Waals surface area contributed by atoms with Gasteiger partial charge in [0.25, 0.3) is 10.0 Å². The number of sulfonamides is 1. The monoisotopic (exact) mass is 571 g/mol.